The van der Waals surface area contributed by atoms with Gasteiger partial charge in [0.1, 0.15) is 0 Å². The lowest BCUT2D eigenvalue weighted by molar-refractivity contribution is -0.137. The molecule has 0 amide bonds. The zero-order chi connectivity index (χ0) is 19.4. The molecule has 4 aliphatic carbocycles. The van der Waals surface area contributed by atoms with E-state index in [0.717, 1.165) is 38.5 Å². The molecule has 2 saturated carbocycles. The molecular formula is C24H36O3. The van der Waals surface area contributed by atoms with Crippen molar-refractivity contribution in [2.24, 2.45) is 34.5 Å². The van der Waals surface area contributed by atoms with Crippen LogP contribution in [0.2, 0.25) is 0 Å². The Morgan fingerprint density at radius 3 is 2.78 bits per heavy atom. The van der Waals surface area contributed by atoms with Gasteiger partial charge >= 0.3 is 5.97 Å². The fraction of sp³-hybridized carbons (Fsp3) is 0.792. The van der Waals surface area contributed by atoms with Gasteiger partial charge in [0.05, 0.1) is 6.10 Å². The zero-order valence-corrected chi connectivity index (χ0v) is 17.2. The van der Waals surface area contributed by atoms with Crippen LogP contribution in [-0.4, -0.2) is 22.3 Å². The molecule has 2 N–H and O–H groups in total. The van der Waals surface area contributed by atoms with Gasteiger partial charge in [-0.3, -0.25) is 4.79 Å². The topological polar surface area (TPSA) is 57.5 Å². The molecule has 0 spiro atoms. The van der Waals surface area contributed by atoms with Crippen LogP contribution >= 0.6 is 0 Å². The van der Waals surface area contributed by atoms with Crippen molar-refractivity contribution in [1.82, 2.24) is 0 Å². The summed E-state index contributed by atoms with van der Waals surface area (Å²) in [6.45, 7) is 7.20. The largest absolute Gasteiger partial charge is 0.481 e. The Labute approximate surface area is 163 Å². The van der Waals surface area contributed by atoms with Gasteiger partial charge in [0, 0.05) is 6.42 Å². The summed E-state index contributed by atoms with van der Waals surface area (Å²) in [7, 11) is 0. The normalized spacial score (nSPS) is 44.4. The second-order valence-corrected chi connectivity index (χ2v) is 10.4. The van der Waals surface area contributed by atoms with Gasteiger partial charge in [0.25, 0.3) is 0 Å². The van der Waals surface area contributed by atoms with Crippen LogP contribution in [0.15, 0.2) is 23.3 Å². The molecule has 3 heteroatoms. The average Bonchev–Trinajstić information content (AvgIpc) is 2.97. The Hall–Kier alpha value is -1.09. The molecule has 0 aromatic heterocycles. The van der Waals surface area contributed by atoms with Crippen LogP contribution in [0.3, 0.4) is 0 Å². The second kappa shape index (κ2) is 6.76. The van der Waals surface area contributed by atoms with Crippen molar-refractivity contribution < 1.29 is 15.0 Å². The predicted molar refractivity (Wildman–Crippen MR) is 107 cm³/mol. The highest BCUT2D eigenvalue weighted by molar-refractivity contribution is 5.66. The Balaban J connectivity index is 1.59. The first-order valence-electron chi connectivity index (χ1n) is 11.1. The molecule has 3 nitrogen and oxygen atoms in total. The lowest BCUT2D eigenvalue weighted by Gasteiger charge is -2.53. The van der Waals surface area contributed by atoms with Crippen molar-refractivity contribution in [3.05, 3.63) is 23.3 Å². The van der Waals surface area contributed by atoms with Crippen LogP contribution in [0.5, 0.6) is 0 Å². The molecule has 0 heterocycles. The van der Waals surface area contributed by atoms with Gasteiger partial charge in [0.15, 0.2) is 0 Å². The van der Waals surface area contributed by atoms with Crippen LogP contribution in [0, 0.1) is 34.5 Å². The number of allylic oxidation sites excluding steroid dienone is 4. The molecular weight excluding hydrogens is 336 g/mol. The first-order valence-corrected chi connectivity index (χ1v) is 11.1. The highest BCUT2D eigenvalue weighted by atomic mass is 16.4. The summed E-state index contributed by atoms with van der Waals surface area (Å²) in [4.78, 5) is 11.0. The van der Waals surface area contributed by atoms with Crippen molar-refractivity contribution >= 4 is 5.97 Å². The number of hydrogen-bond donors (Lipinski definition) is 2. The molecule has 0 radical (unpaired) electrons. The lowest BCUT2D eigenvalue weighted by Crippen LogP contribution is -2.44. The Kier molecular flexibility index (Phi) is 4.81. The van der Waals surface area contributed by atoms with E-state index in [9.17, 15) is 9.90 Å². The number of hydrogen-bond acceptors (Lipinski definition) is 2. The summed E-state index contributed by atoms with van der Waals surface area (Å²) >= 11 is 0. The number of carboxylic acids is 1. The fourth-order valence-corrected chi connectivity index (χ4v) is 7.36. The second-order valence-electron chi connectivity index (χ2n) is 10.4. The first kappa shape index (κ1) is 19.2. The van der Waals surface area contributed by atoms with Gasteiger partial charge in [-0.15, -0.1) is 0 Å². The zero-order valence-electron chi connectivity index (χ0n) is 17.2. The molecule has 7 atom stereocenters. The summed E-state index contributed by atoms with van der Waals surface area (Å²) in [5.74, 6) is 1.66. The number of rotatable bonds is 4. The van der Waals surface area contributed by atoms with E-state index >= 15 is 0 Å². The Bertz CT molecular complexity index is 677. The SMILES string of the molecule is C[C@H](CCC(=O)O)[C@H]1CC[C@H]2C3=CC[C@@H]4C[C@H](O)CC[C@]4(C)C3=CC[C@]12C. The maximum absolute atomic E-state index is 11.0. The molecule has 4 aliphatic rings. The van der Waals surface area contributed by atoms with E-state index in [1.165, 1.54) is 12.8 Å². The number of carboxylic acid groups (broad SMARTS) is 1. The van der Waals surface area contributed by atoms with E-state index in [2.05, 4.69) is 32.9 Å². The highest BCUT2D eigenvalue weighted by Gasteiger charge is 2.55. The molecule has 150 valence electrons. The molecule has 0 unspecified atom stereocenters. The van der Waals surface area contributed by atoms with Crippen molar-refractivity contribution in [3.63, 3.8) is 0 Å². The first-order chi connectivity index (χ1) is 12.8. The molecule has 0 bridgehead atoms. The smallest absolute Gasteiger partial charge is 0.303 e. The van der Waals surface area contributed by atoms with Crippen LogP contribution < -0.4 is 0 Å². The van der Waals surface area contributed by atoms with Gasteiger partial charge in [0.2, 0.25) is 0 Å². The van der Waals surface area contributed by atoms with E-state index in [1.54, 1.807) is 11.1 Å². The number of aliphatic hydroxyl groups is 1. The minimum Gasteiger partial charge on any atom is -0.481 e. The number of carbonyl (C=O) groups is 1. The van der Waals surface area contributed by atoms with Crippen molar-refractivity contribution in [1.29, 1.82) is 0 Å². The van der Waals surface area contributed by atoms with E-state index in [1.807, 2.05) is 0 Å². The molecule has 2 fully saturated rings. The average molecular weight is 373 g/mol. The van der Waals surface area contributed by atoms with Crippen LogP contribution in [0.25, 0.3) is 0 Å². The monoisotopic (exact) mass is 372 g/mol. The summed E-state index contributed by atoms with van der Waals surface area (Å²) in [6.07, 6.45) is 13.8. The fourth-order valence-electron chi connectivity index (χ4n) is 7.36. The highest BCUT2D eigenvalue weighted by Crippen LogP contribution is 2.64. The van der Waals surface area contributed by atoms with Gasteiger partial charge in [-0.2, -0.15) is 0 Å². The quantitative estimate of drug-likeness (QED) is 0.699. The van der Waals surface area contributed by atoms with Gasteiger partial charge in [-0.25, -0.2) is 0 Å². The van der Waals surface area contributed by atoms with Crippen LogP contribution in [0.4, 0.5) is 0 Å². The van der Waals surface area contributed by atoms with Crippen molar-refractivity contribution in [2.45, 2.75) is 84.7 Å². The summed E-state index contributed by atoms with van der Waals surface area (Å²) in [6, 6.07) is 0. The van der Waals surface area contributed by atoms with E-state index in [4.69, 9.17) is 5.11 Å². The minimum atomic E-state index is -0.666. The van der Waals surface area contributed by atoms with Gasteiger partial charge in [-0.05, 0) is 97.0 Å². The minimum absolute atomic E-state index is 0.113. The standard InChI is InChI=1S/C24H36O3/c1-15(4-9-22(26)27)19-7-8-20-18-6-5-16-14-17(25)10-12-23(16,2)21(18)11-13-24(19,20)3/h6,11,15-17,19-20,25H,4-5,7-10,12-14H2,1-3H3,(H,26,27)/t15-,16-,17-,19-,20+,23+,24-/m1/s1. The number of fused-ring (bicyclic) bond motifs is 5. The third kappa shape index (κ3) is 3.01. The summed E-state index contributed by atoms with van der Waals surface area (Å²) in [5, 5.41) is 19.2. The molecule has 0 aromatic carbocycles. The third-order valence-electron chi connectivity index (χ3n) is 9.03. The lowest BCUT2D eigenvalue weighted by atomic mass is 9.51. The van der Waals surface area contributed by atoms with Crippen LogP contribution in [0.1, 0.15) is 78.6 Å². The van der Waals surface area contributed by atoms with Crippen molar-refractivity contribution in [3.8, 4) is 0 Å². The summed E-state index contributed by atoms with van der Waals surface area (Å²) < 4.78 is 0. The molecule has 0 aliphatic heterocycles. The van der Waals surface area contributed by atoms with Gasteiger partial charge < -0.3 is 10.2 Å². The Morgan fingerprint density at radius 2 is 2.04 bits per heavy atom. The van der Waals surface area contributed by atoms with Gasteiger partial charge in [-0.1, -0.05) is 32.9 Å². The maximum atomic E-state index is 11.0. The van der Waals surface area contributed by atoms with E-state index < -0.39 is 5.97 Å². The van der Waals surface area contributed by atoms with E-state index in [-0.39, 0.29) is 16.9 Å². The third-order valence-corrected chi connectivity index (χ3v) is 9.03. The molecule has 27 heavy (non-hydrogen) atoms. The van der Waals surface area contributed by atoms with Crippen molar-refractivity contribution in [2.75, 3.05) is 0 Å². The summed E-state index contributed by atoms with van der Waals surface area (Å²) in [5.41, 5.74) is 3.75. The Morgan fingerprint density at radius 1 is 1.26 bits per heavy atom. The molecule has 0 aromatic rings. The molecule has 4 rings (SSSR count). The van der Waals surface area contributed by atoms with Crippen LogP contribution in [-0.2, 0) is 4.79 Å². The number of aliphatic carboxylic acids is 1. The number of aliphatic hydroxyl groups excluding tert-OH is 1. The molecule has 0 saturated heterocycles. The maximum Gasteiger partial charge on any atom is 0.303 e. The van der Waals surface area contributed by atoms with E-state index in [0.29, 0.717) is 30.1 Å². The predicted octanol–water partition coefficient (Wildman–Crippen LogP) is 5.35.